The molecule has 7 nitrogen and oxygen atoms in total. The summed E-state index contributed by atoms with van der Waals surface area (Å²) in [6.45, 7) is 1.72. The van der Waals surface area contributed by atoms with Crippen LogP contribution in [-0.2, 0) is 0 Å². The fourth-order valence-electron chi connectivity index (χ4n) is 2.74. The second kappa shape index (κ2) is 6.56. The minimum Gasteiger partial charge on any atom is -0.454 e. The van der Waals surface area contributed by atoms with Gasteiger partial charge in [-0.1, -0.05) is 12.1 Å². The molecule has 1 aromatic heterocycles. The lowest BCUT2D eigenvalue weighted by atomic mass is 10.2. The number of fused-ring (bicyclic) bond motifs is 1. The maximum Gasteiger partial charge on any atom is 0.280 e. The first-order valence-corrected chi connectivity index (χ1v) is 8.10. The molecule has 0 fully saturated rings. The van der Waals surface area contributed by atoms with Crippen LogP contribution in [0.1, 0.15) is 16.2 Å². The van der Waals surface area contributed by atoms with Gasteiger partial charge in [0.1, 0.15) is 11.5 Å². The average molecular weight is 367 g/mol. The molecule has 0 aliphatic carbocycles. The zero-order valence-corrected chi connectivity index (χ0v) is 14.2. The lowest BCUT2D eigenvalue weighted by Gasteiger charge is -2.12. The van der Waals surface area contributed by atoms with Crippen LogP contribution in [0.3, 0.4) is 0 Å². The van der Waals surface area contributed by atoms with Crippen LogP contribution in [0.5, 0.6) is 11.5 Å². The topological polar surface area (TPSA) is 82.5 Å². The highest BCUT2D eigenvalue weighted by atomic mass is 19.1. The van der Waals surface area contributed by atoms with Gasteiger partial charge in [-0.15, -0.1) is 0 Å². The van der Waals surface area contributed by atoms with Crippen LogP contribution < -0.4 is 20.2 Å². The predicted molar refractivity (Wildman–Crippen MR) is 95.0 cm³/mol. The molecule has 0 atom stereocenters. The fourth-order valence-corrected chi connectivity index (χ4v) is 2.74. The van der Waals surface area contributed by atoms with E-state index in [0.717, 1.165) is 0 Å². The molecular weight excluding hydrogens is 353 g/mol. The van der Waals surface area contributed by atoms with Gasteiger partial charge < -0.3 is 14.8 Å². The van der Waals surface area contributed by atoms with E-state index < -0.39 is 17.2 Å². The molecule has 27 heavy (non-hydrogen) atoms. The van der Waals surface area contributed by atoms with Gasteiger partial charge in [-0.25, -0.2) is 9.07 Å². The van der Waals surface area contributed by atoms with Crippen molar-refractivity contribution in [1.29, 1.82) is 0 Å². The normalized spacial score (nSPS) is 12.1. The van der Waals surface area contributed by atoms with Crippen LogP contribution in [0, 0.1) is 12.7 Å². The van der Waals surface area contributed by atoms with Crippen molar-refractivity contribution in [1.82, 2.24) is 9.78 Å². The van der Waals surface area contributed by atoms with Crippen LogP contribution in [0.25, 0.3) is 5.69 Å². The van der Waals surface area contributed by atoms with E-state index in [4.69, 9.17) is 9.47 Å². The van der Waals surface area contributed by atoms with Gasteiger partial charge >= 0.3 is 0 Å². The van der Waals surface area contributed by atoms with Crippen molar-refractivity contribution in [3.8, 4) is 17.2 Å². The van der Waals surface area contributed by atoms with Crippen LogP contribution in [0.15, 0.2) is 53.3 Å². The minimum absolute atomic E-state index is 0.111. The number of benzene rings is 2. The molecule has 0 unspecified atom stereocenters. The van der Waals surface area contributed by atoms with Gasteiger partial charge in [0.15, 0.2) is 17.2 Å². The number of nitrogens with zero attached hydrogens (tertiary/aromatic N) is 2. The van der Waals surface area contributed by atoms with Crippen molar-refractivity contribution >= 4 is 11.6 Å². The number of aromatic nitrogens is 2. The molecule has 136 valence electrons. The molecule has 0 radical (unpaired) electrons. The molecule has 1 N–H and O–H groups in total. The lowest BCUT2D eigenvalue weighted by molar-refractivity contribution is 0.101. The van der Waals surface area contributed by atoms with Gasteiger partial charge in [-0.3, -0.25) is 9.59 Å². The van der Waals surface area contributed by atoms with E-state index in [1.54, 1.807) is 37.3 Å². The summed E-state index contributed by atoms with van der Waals surface area (Å²) in [5.41, 5.74) is 0.0696. The summed E-state index contributed by atoms with van der Waals surface area (Å²) in [5.74, 6) is -0.153. The quantitative estimate of drug-likeness (QED) is 0.770. The van der Waals surface area contributed by atoms with Gasteiger partial charge in [0.25, 0.3) is 5.91 Å². The van der Waals surface area contributed by atoms with E-state index in [2.05, 4.69) is 10.4 Å². The molecule has 8 heteroatoms. The number of hydrogen-bond donors (Lipinski definition) is 1. The van der Waals surface area contributed by atoms with E-state index in [0.29, 0.717) is 22.9 Å². The molecular formula is C19H14FN3O4. The first kappa shape index (κ1) is 16.8. The highest BCUT2D eigenvalue weighted by molar-refractivity contribution is 6.02. The van der Waals surface area contributed by atoms with Gasteiger partial charge in [0.2, 0.25) is 12.2 Å². The number of carbonyl (C=O) groups excluding carboxylic acids is 1. The highest BCUT2D eigenvalue weighted by Gasteiger charge is 2.19. The Morgan fingerprint density at radius 1 is 1.15 bits per heavy atom. The molecule has 2 heterocycles. The Morgan fingerprint density at radius 2 is 1.93 bits per heavy atom. The van der Waals surface area contributed by atoms with Crippen LogP contribution in [0.4, 0.5) is 10.1 Å². The Labute approximate surface area is 153 Å². The first-order chi connectivity index (χ1) is 13.0. The first-order valence-electron chi connectivity index (χ1n) is 8.10. The van der Waals surface area contributed by atoms with Crippen molar-refractivity contribution in [2.75, 3.05) is 12.1 Å². The van der Waals surface area contributed by atoms with Gasteiger partial charge in [0.05, 0.1) is 0 Å². The molecule has 0 saturated carbocycles. The van der Waals surface area contributed by atoms with Crippen molar-refractivity contribution in [2.24, 2.45) is 0 Å². The number of para-hydroxylation sites is 1. The van der Waals surface area contributed by atoms with Crippen molar-refractivity contribution in [2.45, 2.75) is 6.92 Å². The smallest absolute Gasteiger partial charge is 0.280 e. The summed E-state index contributed by atoms with van der Waals surface area (Å²) in [4.78, 5) is 24.8. The highest BCUT2D eigenvalue weighted by Crippen LogP contribution is 2.34. The molecule has 1 amide bonds. The molecule has 0 bridgehead atoms. The second-order valence-electron chi connectivity index (χ2n) is 5.88. The van der Waals surface area contributed by atoms with Gasteiger partial charge in [-0.05, 0) is 31.2 Å². The summed E-state index contributed by atoms with van der Waals surface area (Å²) >= 11 is 0. The number of aryl methyl sites for hydroxylation is 1. The Kier molecular flexibility index (Phi) is 4.08. The number of hydrogen-bond acceptors (Lipinski definition) is 5. The molecule has 3 aromatic rings. The van der Waals surface area contributed by atoms with Gasteiger partial charge in [-0.2, -0.15) is 5.10 Å². The maximum absolute atomic E-state index is 14.1. The Bertz CT molecular complexity index is 1110. The third kappa shape index (κ3) is 3.12. The third-order valence-electron chi connectivity index (χ3n) is 4.03. The van der Waals surface area contributed by atoms with E-state index in [-0.39, 0.29) is 18.2 Å². The third-order valence-corrected chi connectivity index (χ3v) is 4.03. The Morgan fingerprint density at radius 3 is 2.74 bits per heavy atom. The maximum atomic E-state index is 14.1. The largest absolute Gasteiger partial charge is 0.454 e. The van der Waals surface area contributed by atoms with E-state index in [1.165, 1.54) is 22.9 Å². The summed E-state index contributed by atoms with van der Waals surface area (Å²) < 4.78 is 25.8. The van der Waals surface area contributed by atoms with Crippen LogP contribution >= 0.6 is 0 Å². The average Bonchev–Trinajstić information content (AvgIpc) is 3.10. The fraction of sp³-hybridized carbons (Fsp3) is 0.105. The second-order valence-corrected chi connectivity index (χ2v) is 5.88. The zero-order valence-electron chi connectivity index (χ0n) is 14.2. The Hall–Kier alpha value is -3.68. The minimum atomic E-state index is -0.705. The lowest BCUT2D eigenvalue weighted by Crippen LogP contribution is -2.27. The van der Waals surface area contributed by atoms with E-state index in [9.17, 15) is 14.0 Å². The standard InChI is InChI=1S/C19H14FN3O4/c1-11-8-15(24)18(22-23(11)14-5-3-2-4-13(14)20)19(25)21-12-6-7-16-17(9-12)27-10-26-16/h2-9H,10H2,1H3,(H,21,25). The number of rotatable bonds is 3. The van der Waals surface area contributed by atoms with Gasteiger partial charge in [0, 0.05) is 23.5 Å². The molecule has 0 spiro atoms. The number of carbonyl (C=O) groups is 1. The molecule has 4 rings (SSSR count). The van der Waals surface area contributed by atoms with Crippen LogP contribution in [-0.4, -0.2) is 22.5 Å². The van der Waals surface area contributed by atoms with Crippen molar-refractivity contribution in [3.05, 3.63) is 76.0 Å². The number of nitrogens with one attached hydrogen (secondary N) is 1. The summed E-state index contributed by atoms with van der Waals surface area (Å²) in [6, 6.07) is 12.1. The number of halogens is 1. The molecule has 0 saturated heterocycles. The monoisotopic (exact) mass is 367 g/mol. The van der Waals surface area contributed by atoms with E-state index in [1.807, 2.05) is 0 Å². The Balaban J connectivity index is 1.69. The predicted octanol–water partition coefficient (Wildman–Crippen LogP) is 2.66. The van der Waals surface area contributed by atoms with Crippen molar-refractivity contribution in [3.63, 3.8) is 0 Å². The molecule has 1 aliphatic rings. The zero-order chi connectivity index (χ0) is 19.0. The summed E-state index contributed by atoms with van der Waals surface area (Å²) in [5, 5.41) is 6.67. The number of amides is 1. The molecule has 1 aliphatic heterocycles. The molecule has 2 aromatic carbocycles. The summed E-state index contributed by atoms with van der Waals surface area (Å²) in [7, 11) is 0. The SMILES string of the molecule is Cc1cc(=O)c(C(=O)Nc2ccc3c(c2)OCO3)nn1-c1ccccc1F. The van der Waals surface area contributed by atoms with Crippen molar-refractivity contribution < 1.29 is 18.7 Å². The van der Waals surface area contributed by atoms with Crippen LogP contribution in [0.2, 0.25) is 0 Å². The van der Waals surface area contributed by atoms with E-state index >= 15 is 0 Å². The number of anilines is 1. The number of ether oxygens (including phenoxy) is 2. The summed E-state index contributed by atoms with van der Waals surface area (Å²) in [6.07, 6.45) is 0.